The van der Waals surface area contributed by atoms with Crippen molar-refractivity contribution < 1.29 is 9.53 Å². The van der Waals surface area contributed by atoms with Crippen molar-refractivity contribution in [3.8, 4) is 0 Å². The number of benzene rings is 1. The second-order valence-corrected chi connectivity index (χ2v) is 7.31. The van der Waals surface area contributed by atoms with Gasteiger partial charge in [0.1, 0.15) is 17.2 Å². The van der Waals surface area contributed by atoms with E-state index in [-0.39, 0.29) is 11.9 Å². The zero-order valence-electron chi connectivity index (χ0n) is 17.0. The van der Waals surface area contributed by atoms with Crippen LogP contribution in [0.15, 0.2) is 24.4 Å². The molecule has 0 aliphatic carbocycles. The summed E-state index contributed by atoms with van der Waals surface area (Å²) in [5.41, 5.74) is 10.0. The Morgan fingerprint density at radius 1 is 1.40 bits per heavy atom. The van der Waals surface area contributed by atoms with Crippen LogP contribution in [0.2, 0.25) is 0 Å². The number of rotatable bonds is 2. The van der Waals surface area contributed by atoms with Crippen LogP contribution in [0.3, 0.4) is 0 Å². The SMILES string of the molecule is CNc1cc2nc3c(cnn13)C(=O)NC(C)COCc1cc(c(N)c(C(C)=N)c1)N2. The van der Waals surface area contributed by atoms with E-state index in [1.807, 2.05) is 19.1 Å². The van der Waals surface area contributed by atoms with Gasteiger partial charge in [0.25, 0.3) is 5.91 Å². The van der Waals surface area contributed by atoms with E-state index in [9.17, 15) is 4.79 Å². The number of carbonyl (C=O) groups excluding carboxylic acids is 1. The predicted molar refractivity (Wildman–Crippen MR) is 116 cm³/mol. The van der Waals surface area contributed by atoms with Crippen LogP contribution in [0.4, 0.5) is 23.0 Å². The third-order valence-corrected chi connectivity index (χ3v) is 4.89. The van der Waals surface area contributed by atoms with Crippen molar-refractivity contribution in [1.82, 2.24) is 19.9 Å². The van der Waals surface area contributed by atoms with Crippen LogP contribution in [0.1, 0.15) is 35.3 Å². The van der Waals surface area contributed by atoms with Crippen molar-refractivity contribution >= 4 is 40.3 Å². The maximum Gasteiger partial charge on any atom is 0.257 e. The molecule has 0 spiro atoms. The first-order valence-corrected chi connectivity index (χ1v) is 9.57. The number of ether oxygens (including phenoxy) is 1. The fourth-order valence-corrected chi connectivity index (χ4v) is 3.41. The van der Waals surface area contributed by atoms with Crippen molar-refractivity contribution in [3.63, 3.8) is 0 Å². The van der Waals surface area contributed by atoms with Crippen LogP contribution in [-0.2, 0) is 11.3 Å². The lowest BCUT2D eigenvalue weighted by atomic mass is 10.0. The smallest absolute Gasteiger partial charge is 0.257 e. The van der Waals surface area contributed by atoms with E-state index in [1.165, 1.54) is 6.20 Å². The number of fused-ring (bicyclic) bond motifs is 3. The second kappa shape index (κ2) is 7.64. The molecular weight excluding hydrogens is 384 g/mol. The molecule has 1 amide bonds. The van der Waals surface area contributed by atoms with Crippen molar-refractivity contribution in [2.24, 2.45) is 0 Å². The van der Waals surface area contributed by atoms with Crippen LogP contribution in [0.25, 0.3) is 5.65 Å². The summed E-state index contributed by atoms with van der Waals surface area (Å²) in [4.78, 5) is 17.4. The van der Waals surface area contributed by atoms with Gasteiger partial charge in [0, 0.05) is 30.4 Å². The Labute approximate surface area is 173 Å². The minimum absolute atomic E-state index is 0.210. The molecule has 0 fully saturated rings. The molecule has 3 aromatic rings. The predicted octanol–water partition coefficient (Wildman–Crippen LogP) is 2.13. The molecule has 0 saturated carbocycles. The van der Waals surface area contributed by atoms with Crippen molar-refractivity contribution in [2.75, 3.05) is 30.0 Å². The molecule has 30 heavy (non-hydrogen) atoms. The van der Waals surface area contributed by atoms with Gasteiger partial charge in [-0.05, 0) is 31.5 Å². The van der Waals surface area contributed by atoms with Crippen molar-refractivity contribution in [2.45, 2.75) is 26.5 Å². The maximum atomic E-state index is 12.8. The van der Waals surface area contributed by atoms with Crippen LogP contribution in [-0.4, -0.2) is 45.9 Å². The van der Waals surface area contributed by atoms with Gasteiger partial charge >= 0.3 is 0 Å². The molecule has 3 heterocycles. The number of hydrogen-bond acceptors (Lipinski definition) is 8. The van der Waals surface area contributed by atoms with E-state index >= 15 is 0 Å². The standard InChI is InChI=1S/C20H24N8O2/c1-10-8-30-9-12-4-13(11(2)21)18(22)15(5-12)26-16-6-17(23-3)28-19(27-16)14(7-24-28)20(29)25-10/h4-7,10,21,23H,8-9,22H2,1-3H3,(H,25,29)(H,26,27). The summed E-state index contributed by atoms with van der Waals surface area (Å²) < 4.78 is 7.36. The minimum Gasteiger partial charge on any atom is -0.397 e. The van der Waals surface area contributed by atoms with Gasteiger partial charge in [-0.15, -0.1) is 0 Å². The number of aromatic nitrogens is 3. The molecule has 10 heteroatoms. The van der Waals surface area contributed by atoms with Gasteiger partial charge in [-0.1, -0.05) is 0 Å². The van der Waals surface area contributed by atoms with Crippen LogP contribution in [0.5, 0.6) is 0 Å². The Morgan fingerprint density at radius 2 is 2.20 bits per heavy atom. The minimum atomic E-state index is -0.274. The molecular formula is C20H24N8O2. The van der Waals surface area contributed by atoms with Crippen molar-refractivity contribution in [3.05, 3.63) is 41.1 Å². The lowest BCUT2D eigenvalue weighted by Crippen LogP contribution is -2.35. The topological polar surface area (TPSA) is 142 Å². The monoisotopic (exact) mass is 408 g/mol. The highest BCUT2D eigenvalue weighted by atomic mass is 16.5. The molecule has 10 nitrogen and oxygen atoms in total. The molecule has 2 aromatic heterocycles. The molecule has 6 N–H and O–H groups in total. The molecule has 1 unspecified atom stereocenters. The number of anilines is 4. The van der Waals surface area contributed by atoms with E-state index in [1.54, 1.807) is 24.6 Å². The van der Waals surface area contributed by atoms with Gasteiger partial charge in [0.2, 0.25) is 0 Å². The van der Waals surface area contributed by atoms with Gasteiger partial charge in [0.15, 0.2) is 5.65 Å². The van der Waals surface area contributed by atoms with Gasteiger partial charge in [-0.2, -0.15) is 9.61 Å². The highest BCUT2D eigenvalue weighted by Crippen LogP contribution is 2.30. The molecule has 4 bridgehead atoms. The first kappa shape index (κ1) is 19.6. The third kappa shape index (κ3) is 3.52. The summed E-state index contributed by atoms with van der Waals surface area (Å²) in [7, 11) is 1.77. The summed E-state index contributed by atoms with van der Waals surface area (Å²) in [5, 5.41) is 21.6. The average molecular weight is 408 g/mol. The third-order valence-electron chi connectivity index (χ3n) is 4.89. The molecule has 4 rings (SSSR count). The molecule has 0 radical (unpaired) electrons. The number of nitrogens with one attached hydrogen (secondary N) is 4. The average Bonchev–Trinajstić information content (AvgIpc) is 3.12. The number of nitrogens with zero attached hydrogens (tertiary/aromatic N) is 3. The normalized spacial score (nSPS) is 16.6. The molecule has 1 aliphatic rings. The number of carbonyl (C=O) groups is 1. The lowest BCUT2D eigenvalue weighted by Gasteiger charge is -2.18. The second-order valence-electron chi connectivity index (χ2n) is 7.31. The Hall–Kier alpha value is -3.66. The number of nitrogens with two attached hydrogens (primary N) is 1. The molecule has 156 valence electrons. The van der Waals surface area contributed by atoms with E-state index in [0.29, 0.717) is 58.7 Å². The van der Waals surface area contributed by atoms with E-state index in [2.05, 4.69) is 26.0 Å². The Bertz CT molecular complexity index is 1150. The number of amides is 1. The number of hydrogen-bond donors (Lipinski definition) is 5. The summed E-state index contributed by atoms with van der Waals surface area (Å²) >= 11 is 0. The first-order valence-electron chi connectivity index (χ1n) is 9.57. The highest BCUT2D eigenvalue weighted by Gasteiger charge is 2.20. The van der Waals surface area contributed by atoms with Gasteiger partial charge in [-0.25, -0.2) is 4.98 Å². The zero-order valence-corrected chi connectivity index (χ0v) is 17.0. The van der Waals surface area contributed by atoms with Crippen LogP contribution in [0, 0.1) is 5.41 Å². The van der Waals surface area contributed by atoms with E-state index in [4.69, 9.17) is 15.9 Å². The van der Waals surface area contributed by atoms with Gasteiger partial charge < -0.3 is 31.8 Å². The Balaban J connectivity index is 1.91. The van der Waals surface area contributed by atoms with Crippen LogP contribution >= 0.6 is 0 Å². The molecule has 1 aliphatic heterocycles. The first-order chi connectivity index (χ1) is 14.4. The Morgan fingerprint density at radius 3 is 2.93 bits per heavy atom. The van der Waals surface area contributed by atoms with Gasteiger partial charge in [0.05, 0.1) is 30.8 Å². The summed E-state index contributed by atoms with van der Waals surface area (Å²) in [6.07, 6.45) is 1.49. The lowest BCUT2D eigenvalue weighted by molar-refractivity contribution is 0.0821. The van der Waals surface area contributed by atoms with E-state index < -0.39 is 0 Å². The molecule has 0 saturated heterocycles. The fourth-order valence-electron chi connectivity index (χ4n) is 3.41. The summed E-state index contributed by atoms with van der Waals surface area (Å²) in [6.45, 7) is 4.22. The highest BCUT2D eigenvalue weighted by molar-refractivity contribution is 6.04. The fraction of sp³-hybridized carbons (Fsp3) is 0.300. The molecule has 1 aromatic carbocycles. The largest absolute Gasteiger partial charge is 0.397 e. The van der Waals surface area contributed by atoms with Crippen molar-refractivity contribution in [1.29, 1.82) is 5.41 Å². The zero-order chi connectivity index (χ0) is 21.4. The van der Waals surface area contributed by atoms with E-state index in [0.717, 1.165) is 5.56 Å². The summed E-state index contributed by atoms with van der Waals surface area (Å²) in [6, 6.07) is 5.30. The maximum absolute atomic E-state index is 12.8. The number of nitrogen functional groups attached to an aromatic ring is 1. The van der Waals surface area contributed by atoms with Gasteiger partial charge in [-0.3, -0.25) is 4.79 Å². The summed E-state index contributed by atoms with van der Waals surface area (Å²) in [5.74, 6) is 0.873. The molecule has 1 atom stereocenters. The quantitative estimate of drug-likeness (QED) is 0.323. The van der Waals surface area contributed by atoms with Crippen LogP contribution < -0.4 is 21.7 Å². The Kier molecular flexibility index (Phi) is 5.00.